The van der Waals surface area contributed by atoms with E-state index in [1.54, 1.807) is 6.07 Å². The minimum Gasteiger partial charge on any atom is -0.494 e. The van der Waals surface area contributed by atoms with Crippen LogP contribution in [0.15, 0.2) is 36.5 Å². The average molecular weight is 373 g/mol. The average Bonchev–Trinajstić information content (AvgIpc) is 3.15. The molecular formula is C21H28FN3O2. The van der Waals surface area contributed by atoms with Crippen LogP contribution in [-0.2, 0) is 0 Å². The summed E-state index contributed by atoms with van der Waals surface area (Å²) in [7, 11) is 1.49. The molecule has 2 aromatic rings. The fourth-order valence-electron chi connectivity index (χ4n) is 3.77. The molecule has 1 heterocycles. The molecule has 0 radical (unpaired) electrons. The number of ether oxygens (including phenoxy) is 1. The second-order valence-electron chi connectivity index (χ2n) is 7.12. The Morgan fingerprint density at radius 2 is 2.15 bits per heavy atom. The highest BCUT2D eigenvalue weighted by Crippen LogP contribution is 2.35. The fourth-order valence-corrected chi connectivity index (χ4v) is 3.77. The molecule has 1 aliphatic rings. The van der Waals surface area contributed by atoms with Crippen molar-refractivity contribution in [2.45, 2.75) is 44.2 Å². The molecule has 6 heteroatoms. The van der Waals surface area contributed by atoms with Crippen LogP contribution < -0.4 is 15.4 Å². The zero-order valence-electron chi connectivity index (χ0n) is 15.9. The summed E-state index contributed by atoms with van der Waals surface area (Å²) in [6.45, 7) is 2.70. The van der Waals surface area contributed by atoms with E-state index in [4.69, 9.17) is 9.84 Å². The van der Waals surface area contributed by atoms with Gasteiger partial charge in [-0.15, -0.1) is 0 Å². The number of methoxy groups -OCH3 is 1. The van der Waals surface area contributed by atoms with Gasteiger partial charge in [0.15, 0.2) is 11.6 Å². The monoisotopic (exact) mass is 373 g/mol. The number of aliphatic hydroxyl groups excluding tert-OH is 1. The predicted octanol–water partition coefficient (Wildman–Crippen LogP) is 3.62. The smallest absolute Gasteiger partial charge is 0.165 e. The van der Waals surface area contributed by atoms with E-state index < -0.39 is 0 Å². The number of anilines is 1. The van der Waals surface area contributed by atoms with Gasteiger partial charge in [-0.25, -0.2) is 9.37 Å². The molecule has 0 saturated heterocycles. The lowest BCUT2D eigenvalue weighted by molar-refractivity contribution is 0.311. The number of halogens is 1. The Kier molecular flexibility index (Phi) is 6.63. The van der Waals surface area contributed by atoms with Gasteiger partial charge in [0, 0.05) is 24.8 Å². The minimum absolute atomic E-state index is 0.0948. The number of aromatic nitrogens is 1. The van der Waals surface area contributed by atoms with Gasteiger partial charge in [0.2, 0.25) is 0 Å². The van der Waals surface area contributed by atoms with Crippen molar-refractivity contribution in [3.05, 3.63) is 53.5 Å². The molecule has 27 heavy (non-hydrogen) atoms. The standard InChI is InChI=1S/C21H28FN3O2/c1-14(15-4-7-19(22)20(12-15)27-2)25-18-6-3-16(11-18)17-5-8-21(24-13-17)23-9-10-26/h4-5,7-8,12-14,16,18,25-26H,3,6,9-11H2,1-2H3,(H,23,24). The molecule has 1 saturated carbocycles. The van der Waals surface area contributed by atoms with Crippen molar-refractivity contribution < 1.29 is 14.2 Å². The normalized spacial score (nSPS) is 20.4. The molecule has 1 aliphatic carbocycles. The third-order valence-electron chi connectivity index (χ3n) is 5.27. The lowest BCUT2D eigenvalue weighted by Crippen LogP contribution is -2.29. The Morgan fingerprint density at radius 1 is 1.30 bits per heavy atom. The number of benzene rings is 1. The van der Waals surface area contributed by atoms with Crippen LogP contribution in [0.3, 0.4) is 0 Å². The lowest BCUT2D eigenvalue weighted by atomic mass is 9.99. The molecule has 1 aromatic heterocycles. The first-order valence-corrected chi connectivity index (χ1v) is 9.51. The topological polar surface area (TPSA) is 66.4 Å². The number of hydrogen-bond acceptors (Lipinski definition) is 5. The summed E-state index contributed by atoms with van der Waals surface area (Å²) in [6.07, 6.45) is 5.23. The molecule has 0 spiro atoms. The van der Waals surface area contributed by atoms with E-state index in [2.05, 4.69) is 28.6 Å². The van der Waals surface area contributed by atoms with Crippen molar-refractivity contribution in [2.75, 3.05) is 25.6 Å². The zero-order chi connectivity index (χ0) is 19.2. The Morgan fingerprint density at radius 3 is 2.85 bits per heavy atom. The van der Waals surface area contributed by atoms with Crippen LogP contribution in [0, 0.1) is 5.82 Å². The first-order chi connectivity index (χ1) is 13.1. The molecule has 5 nitrogen and oxygen atoms in total. The first kappa shape index (κ1) is 19.6. The molecular weight excluding hydrogens is 345 g/mol. The van der Waals surface area contributed by atoms with Gasteiger partial charge < -0.3 is 20.5 Å². The zero-order valence-corrected chi connectivity index (χ0v) is 15.9. The van der Waals surface area contributed by atoms with Crippen LogP contribution in [0.25, 0.3) is 0 Å². The SMILES string of the molecule is COc1cc(C(C)NC2CCC(c3ccc(NCCO)nc3)C2)ccc1F. The fraction of sp³-hybridized carbons (Fsp3) is 0.476. The van der Waals surface area contributed by atoms with Crippen molar-refractivity contribution in [1.29, 1.82) is 0 Å². The van der Waals surface area contributed by atoms with Crippen LogP contribution in [0.5, 0.6) is 5.75 Å². The van der Waals surface area contributed by atoms with Gasteiger partial charge >= 0.3 is 0 Å². The van der Waals surface area contributed by atoms with E-state index >= 15 is 0 Å². The van der Waals surface area contributed by atoms with Crippen LogP contribution in [0.2, 0.25) is 0 Å². The highest BCUT2D eigenvalue weighted by molar-refractivity contribution is 5.36. The van der Waals surface area contributed by atoms with Crippen molar-refractivity contribution in [3.8, 4) is 5.75 Å². The molecule has 0 amide bonds. The number of hydrogen-bond donors (Lipinski definition) is 3. The number of pyridine rings is 1. The third-order valence-corrected chi connectivity index (χ3v) is 5.27. The summed E-state index contributed by atoms with van der Waals surface area (Å²) in [5.41, 5.74) is 2.28. The van der Waals surface area contributed by atoms with E-state index in [-0.39, 0.29) is 24.2 Å². The van der Waals surface area contributed by atoms with Crippen LogP contribution in [-0.4, -0.2) is 36.4 Å². The maximum atomic E-state index is 13.6. The van der Waals surface area contributed by atoms with E-state index in [0.717, 1.165) is 30.6 Å². The van der Waals surface area contributed by atoms with Gasteiger partial charge in [-0.2, -0.15) is 0 Å². The summed E-state index contributed by atoms with van der Waals surface area (Å²) in [5, 5.41) is 15.6. The lowest BCUT2D eigenvalue weighted by Gasteiger charge is -2.21. The number of aliphatic hydroxyl groups is 1. The Hall–Kier alpha value is -2.18. The molecule has 146 valence electrons. The van der Waals surface area contributed by atoms with E-state index in [1.165, 1.54) is 18.7 Å². The highest BCUT2D eigenvalue weighted by atomic mass is 19.1. The summed E-state index contributed by atoms with van der Waals surface area (Å²) >= 11 is 0. The first-order valence-electron chi connectivity index (χ1n) is 9.51. The molecule has 1 fully saturated rings. The summed E-state index contributed by atoms with van der Waals surface area (Å²) in [5.74, 6) is 1.24. The number of nitrogens with one attached hydrogen (secondary N) is 2. The van der Waals surface area contributed by atoms with Crippen LogP contribution in [0.4, 0.5) is 10.2 Å². The molecule has 0 aliphatic heterocycles. The summed E-state index contributed by atoms with van der Waals surface area (Å²) < 4.78 is 18.7. The molecule has 3 atom stereocenters. The van der Waals surface area contributed by atoms with Crippen molar-refractivity contribution >= 4 is 5.82 Å². The Labute approximate surface area is 160 Å². The maximum absolute atomic E-state index is 13.6. The molecule has 0 bridgehead atoms. The van der Waals surface area contributed by atoms with Gasteiger partial charge in [0.1, 0.15) is 5.82 Å². The second-order valence-corrected chi connectivity index (χ2v) is 7.12. The van der Waals surface area contributed by atoms with Gasteiger partial charge in [-0.1, -0.05) is 12.1 Å². The largest absolute Gasteiger partial charge is 0.494 e. The van der Waals surface area contributed by atoms with Crippen LogP contribution >= 0.6 is 0 Å². The van der Waals surface area contributed by atoms with Gasteiger partial charge in [0.05, 0.1) is 13.7 Å². The molecule has 3 rings (SSSR count). The van der Waals surface area contributed by atoms with E-state index in [9.17, 15) is 4.39 Å². The maximum Gasteiger partial charge on any atom is 0.165 e. The van der Waals surface area contributed by atoms with Crippen molar-refractivity contribution in [2.24, 2.45) is 0 Å². The third kappa shape index (κ3) is 4.96. The summed E-state index contributed by atoms with van der Waals surface area (Å²) in [6, 6.07) is 9.68. The molecule has 1 aromatic carbocycles. The predicted molar refractivity (Wildman–Crippen MR) is 105 cm³/mol. The minimum atomic E-state index is -0.334. The van der Waals surface area contributed by atoms with Crippen molar-refractivity contribution in [1.82, 2.24) is 10.3 Å². The molecule has 3 unspecified atom stereocenters. The van der Waals surface area contributed by atoms with Gasteiger partial charge in [-0.3, -0.25) is 0 Å². The van der Waals surface area contributed by atoms with Crippen molar-refractivity contribution in [3.63, 3.8) is 0 Å². The van der Waals surface area contributed by atoms with Gasteiger partial charge in [0.25, 0.3) is 0 Å². The second kappa shape index (κ2) is 9.15. The van der Waals surface area contributed by atoms with Gasteiger partial charge in [-0.05, 0) is 61.4 Å². The Bertz CT molecular complexity index is 739. The Balaban J connectivity index is 1.56. The quantitative estimate of drug-likeness (QED) is 0.660. The highest BCUT2D eigenvalue weighted by Gasteiger charge is 2.27. The van der Waals surface area contributed by atoms with E-state index in [1.807, 2.05) is 18.3 Å². The summed E-state index contributed by atoms with van der Waals surface area (Å²) in [4.78, 5) is 4.43. The van der Waals surface area contributed by atoms with Crippen LogP contribution in [0.1, 0.15) is 49.3 Å². The molecule has 3 N–H and O–H groups in total. The number of rotatable bonds is 8. The number of nitrogens with zero attached hydrogens (tertiary/aromatic N) is 1. The van der Waals surface area contributed by atoms with E-state index in [0.29, 0.717) is 18.5 Å².